The van der Waals surface area contributed by atoms with E-state index in [1.54, 1.807) is 0 Å². The van der Waals surface area contributed by atoms with Crippen LogP contribution in [0.5, 0.6) is 5.75 Å². The summed E-state index contributed by atoms with van der Waals surface area (Å²) in [6.45, 7) is 13.5. The van der Waals surface area contributed by atoms with E-state index >= 15 is 0 Å². The van der Waals surface area contributed by atoms with E-state index in [9.17, 15) is 18.0 Å². The summed E-state index contributed by atoms with van der Waals surface area (Å²) in [5.41, 5.74) is 3.81. The number of hydrogen-bond donors (Lipinski definition) is 1. The van der Waals surface area contributed by atoms with Crippen LogP contribution >= 0.6 is 0 Å². The van der Waals surface area contributed by atoms with Crippen LogP contribution < -0.4 is 10.2 Å². The third-order valence-electron chi connectivity index (χ3n) is 6.72. The number of nitrogens with zero attached hydrogens (tertiary/aromatic N) is 1. The van der Waals surface area contributed by atoms with Gasteiger partial charge in [0.1, 0.15) is 5.75 Å². The van der Waals surface area contributed by atoms with Gasteiger partial charge in [-0.05, 0) is 47.8 Å². The molecular weight excluding hydrogens is 453 g/mol. The van der Waals surface area contributed by atoms with Gasteiger partial charge in [0, 0.05) is 17.5 Å². The SMILES string of the molecule is CCC(C)(C)c1ccc(OCCCC(=O)N/N=C\c2ccccc2C(F)(F)F)c(C(C)(C)CC)c1. The number of benzene rings is 2. The zero-order valence-corrected chi connectivity index (χ0v) is 21.6. The zero-order chi connectivity index (χ0) is 26.3. The van der Waals surface area contributed by atoms with E-state index < -0.39 is 11.7 Å². The second kappa shape index (κ2) is 11.7. The highest BCUT2D eigenvalue weighted by atomic mass is 19.4. The number of alkyl halides is 3. The number of nitrogens with one attached hydrogen (secondary N) is 1. The molecule has 192 valence electrons. The Bertz CT molecular complexity index is 1030. The average Bonchev–Trinajstić information content (AvgIpc) is 2.81. The van der Waals surface area contributed by atoms with Crippen LogP contribution in [0.2, 0.25) is 0 Å². The number of rotatable bonds is 11. The molecule has 0 aliphatic carbocycles. The summed E-state index contributed by atoms with van der Waals surface area (Å²) in [5, 5.41) is 3.69. The summed E-state index contributed by atoms with van der Waals surface area (Å²) in [5.74, 6) is 0.429. The second-order valence-corrected chi connectivity index (χ2v) is 10.0. The molecule has 0 radical (unpaired) electrons. The molecule has 2 rings (SSSR count). The Morgan fingerprint density at radius 3 is 2.26 bits per heavy atom. The quantitative estimate of drug-likeness (QED) is 0.203. The second-order valence-electron chi connectivity index (χ2n) is 10.0. The molecule has 1 N–H and O–H groups in total. The molecule has 2 aromatic carbocycles. The van der Waals surface area contributed by atoms with E-state index in [1.807, 2.05) is 6.07 Å². The van der Waals surface area contributed by atoms with Crippen molar-refractivity contribution in [3.05, 3.63) is 64.7 Å². The summed E-state index contributed by atoms with van der Waals surface area (Å²) < 4.78 is 45.2. The maximum atomic E-state index is 13.0. The van der Waals surface area contributed by atoms with Gasteiger partial charge in [-0.15, -0.1) is 0 Å². The van der Waals surface area contributed by atoms with Crippen LogP contribution in [0.15, 0.2) is 47.6 Å². The van der Waals surface area contributed by atoms with Crippen LogP contribution in [0.25, 0.3) is 0 Å². The van der Waals surface area contributed by atoms with Crippen molar-refractivity contribution in [1.82, 2.24) is 5.43 Å². The van der Waals surface area contributed by atoms with Crippen molar-refractivity contribution < 1.29 is 22.7 Å². The van der Waals surface area contributed by atoms with Crippen LogP contribution in [0.4, 0.5) is 13.2 Å². The minimum absolute atomic E-state index is 0.0615. The van der Waals surface area contributed by atoms with E-state index in [0.29, 0.717) is 13.0 Å². The van der Waals surface area contributed by atoms with Gasteiger partial charge in [0.15, 0.2) is 0 Å². The number of hydrogen-bond acceptors (Lipinski definition) is 3. The lowest BCUT2D eigenvalue weighted by Crippen LogP contribution is -2.21. The third-order valence-corrected chi connectivity index (χ3v) is 6.72. The van der Waals surface area contributed by atoms with Gasteiger partial charge in [-0.1, -0.05) is 71.9 Å². The van der Waals surface area contributed by atoms with E-state index in [2.05, 4.69) is 64.2 Å². The topological polar surface area (TPSA) is 50.7 Å². The Morgan fingerprint density at radius 2 is 1.63 bits per heavy atom. The van der Waals surface area contributed by atoms with Crippen molar-refractivity contribution in [2.24, 2.45) is 5.10 Å². The van der Waals surface area contributed by atoms with Gasteiger partial charge >= 0.3 is 6.18 Å². The number of carbonyl (C=O) groups is 1. The highest BCUT2D eigenvalue weighted by Gasteiger charge is 2.32. The lowest BCUT2D eigenvalue weighted by Gasteiger charge is -2.30. The lowest BCUT2D eigenvalue weighted by molar-refractivity contribution is -0.137. The highest BCUT2D eigenvalue weighted by molar-refractivity contribution is 5.84. The van der Waals surface area contributed by atoms with Gasteiger partial charge in [0.2, 0.25) is 5.91 Å². The molecule has 0 heterocycles. The largest absolute Gasteiger partial charge is 0.493 e. The van der Waals surface area contributed by atoms with Gasteiger partial charge in [-0.3, -0.25) is 4.79 Å². The van der Waals surface area contributed by atoms with Crippen LogP contribution in [-0.2, 0) is 21.8 Å². The van der Waals surface area contributed by atoms with Crippen LogP contribution in [-0.4, -0.2) is 18.7 Å². The predicted molar refractivity (Wildman–Crippen MR) is 135 cm³/mol. The molecule has 2 aromatic rings. The van der Waals surface area contributed by atoms with Crippen LogP contribution in [0, 0.1) is 0 Å². The maximum absolute atomic E-state index is 13.0. The molecule has 7 heteroatoms. The molecule has 0 aromatic heterocycles. The van der Waals surface area contributed by atoms with Crippen molar-refractivity contribution in [2.45, 2.75) is 84.2 Å². The average molecular weight is 491 g/mol. The van der Waals surface area contributed by atoms with E-state index in [4.69, 9.17) is 4.74 Å². The highest BCUT2D eigenvalue weighted by Crippen LogP contribution is 2.38. The Morgan fingerprint density at radius 1 is 0.971 bits per heavy atom. The Balaban J connectivity index is 1.96. The number of amides is 1. The molecule has 0 saturated carbocycles. The molecule has 0 unspecified atom stereocenters. The summed E-state index contributed by atoms with van der Waals surface area (Å²) in [6, 6.07) is 11.4. The summed E-state index contributed by atoms with van der Waals surface area (Å²) >= 11 is 0. The van der Waals surface area contributed by atoms with Gasteiger partial charge in [0.05, 0.1) is 18.4 Å². The molecule has 4 nitrogen and oxygen atoms in total. The molecule has 0 saturated heterocycles. The molecular formula is C28H37F3N2O2. The van der Waals surface area contributed by atoms with Crippen molar-refractivity contribution in [3.63, 3.8) is 0 Å². The molecule has 0 aliphatic rings. The van der Waals surface area contributed by atoms with Crippen molar-refractivity contribution in [3.8, 4) is 5.75 Å². The van der Waals surface area contributed by atoms with Gasteiger partial charge in [-0.2, -0.15) is 18.3 Å². The first-order chi connectivity index (χ1) is 16.3. The van der Waals surface area contributed by atoms with Gasteiger partial charge < -0.3 is 4.74 Å². The van der Waals surface area contributed by atoms with Crippen LogP contribution in [0.1, 0.15) is 89.5 Å². The molecule has 0 atom stereocenters. The third kappa shape index (κ3) is 7.84. The Kier molecular flexibility index (Phi) is 9.52. The van der Waals surface area contributed by atoms with Gasteiger partial charge in [0.25, 0.3) is 0 Å². The fourth-order valence-corrected chi connectivity index (χ4v) is 3.51. The number of ether oxygens (including phenoxy) is 1. The predicted octanol–water partition coefficient (Wildman–Crippen LogP) is 7.39. The summed E-state index contributed by atoms with van der Waals surface area (Å²) in [7, 11) is 0. The lowest BCUT2D eigenvalue weighted by atomic mass is 9.76. The number of carbonyl (C=O) groups excluding carboxylic acids is 1. The smallest absolute Gasteiger partial charge is 0.417 e. The van der Waals surface area contributed by atoms with Crippen molar-refractivity contribution >= 4 is 12.1 Å². The standard InChI is InChI=1S/C28H37F3N2O2/c1-7-26(3,4)21-15-16-24(23(18-21)27(5,6)8-2)35-17-11-14-25(34)33-32-19-20-12-9-10-13-22(20)28(29,30)31/h9-10,12-13,15-16,18-19H,7-8,11,14,17H2,1-6H3,(H,33,34)/b32-19-. The first-order valence-electron chi connectivity index (χ1n) is 12.1. The fourth-order valence-electron chi connectivity index (χ4n) is 3.51. The normalized spacial score (nSPS) is 12.7. The van der Waals surface area contributed by atoms with Gasteiger partial charge in [-0.25, -0.2) is 5.43 Å². The molecule has 0 fully saturated rings. The Labute approximate surface area is 207 Å². The summed E-state index contributed by atoms with van der Waals surface area (Å²) in [6.07, 6.45) is -0.897. The van der Waals surface area contributed by atoms with E-state index in [0.717, 1.165) is 36.4 Å². The molecule has 35 heavy (non-hydrogen) atoms. The molecule has 1 amide bonds. The monoisotopic (exact) mass is 490 g/mol. The van der Waals surface area contributed by atoms with Crippen molar-refractivity contribution in [1.29, 1.82) is 0 Å². The minimum Gasteiger partial charge on any atom is -0.493 e. The van der Waals surface area contributed by atoms with E-state index in [1.165, 1.54) is 23.8 Å². The summed E-state index contributed by atoms with van der Waals surface area (Å²) in [4.78, 5) is 12.1. The molecule has 0 bridgehead atoms. The van der Waals surface area contributed by atoms with Crippen molar-refractivity contribution in [2.75, 3.05) is 6.61 Å². The van der Waals surface area contributed by atoms with E-state index in [-0.39, 0.29) is 28.7 Å². The Hall–Kier alpha value is -2.83. The number of hydrazone groups is 1. The fraction of sp³-hybridized carbons (Fsp3) is 0.500. The van der Waals surface area contributed by atoms with Crippen LogP contribution in [0.3, 0.4) is 0 Å². The molecule has 0 aliphatic heterocycles. The number of halogens is 3. The first-order valence-corrected chi connectivity index (χ1v) is 12.1. The maximum Gasteiger partial charge on any atom is 0.417 e. The minimum atomic E-state index is -4.49. The molecule has 0 spiro atoms. The first kappa shape index (κ1) is 28.4. The zero-order valence-electron chi connectivity index (χ0n) is 21.6.